The highest BCUT2D eigenvalue weighted by molar-refractivity contribution is 5.91. The second-order valence-electron chi connectivity index (χ2n) is 3.89. The van der Waals surface area contributed by atoms with Crippen molar-refractivity contribution in [2.45, 2.75) is 0 Å². The number of para-hydroxylation sites is 1. The Kier molecular flexibility index (Phi) is 3.79. The van der Waals surface area contributed by atoms with Crippen molar-refractivity contribution in [1.29, 1.82) is 0 Å². The average Bonchev–Trinajstić information content (AvgIpc) is 2.42. The number of nitro benzene ring substituents is 1. The Hall–Kier alpha value is -3.03. The zero-order valence-electron chi connectivity index (χ0n) is 10.2. The number of hydrogen-bond acceptors (Lipinski definition) is 4. The summed E-state index contributed by atoms with van der Waals surface area (Å²) in [7, 11) is 0. The highest BCUT2D eigenvalue weighted by Crippen LogP contribution is 2.35. The lowest BCUT2D eigenvalue weighted by Gasteiger charge is -2.09. The van der Waals surface area contributed by atoms with E-state index in [9.17, 15) is 23.7 Å². The number of carboxylic acid groups (broad SMARTS) is 1. The number of carboxylic acids is 1. The molecule has 0 radical (unpaired) electrons. The minimum Gasteiger partial charge on any atom is -0.478 e. The SMILES string of the molecule is O=C(O)c1cc(F)ccc1Oc1c(F)cccc1[N+](=O)[O-]. The fraction of sp³-hybridized carbons (Fsp3) is 0. The van der Waals surface area contributed by atoms with Crippen molar-refractivity contribution in [3.05, 3.63) is 63.7 Å². The van der Waals surface area contributed by atoms with Crippen molar-refractivity contribution in [2.75, 3.05) is 0 Å². The van der Waals surface area contributed by atoms with E-state index in [1.807, 2.05) is 0 Å². The third kappa shape index (κ3) is 2.94. The number of nitrogens with zero attached hydrogens (tertiary/aromatic N) is 1. The summed E-state index contributed by atoms with van der Waals surface area (Å²) in [4.78, 5) is 20.9. The van der Waals surface area contributed by atoms with Crippen LogP contribution in [-0.2, 0) is 0 Å². The van der Waals surface area contributed by atoms with Crippen LogP contribution in [0.4, 0.5) is 14.5 Å². The lowest BCUT2D eigenvalue weighted by atomic mass is 10.2. The first-order valence-electron chi connectivity index (χ1n) is 5.53. The molecule has 2 aromatic rings. The van der Waals surface area contributed by atoms with E-state index in [0.717, 1.165) is 30.3 Å². The van der Waals surface area contributed by atoms with Gasteiger partial charge >= 0.3 is 11.7 Å². The van der Waals surface area contributed by atoms with Gasteiger partial charge in [0.2, 0.25) is 5.75 Å². The van der Waals surface area contributed by atoms with E-state index in [-0.39, 0.29) is 0 Å². The van der Waals surface area contributed by atoms with E-state index in [1.54, 1.807) is 0 Å². The summed E-state index contributed by atoms with van der Waals surface area (Å²) in [6, 6.07) is 5.56. The summed E-state index contributed by atoms with van der Waals surface area (Å²) in [5, 5.41) is 19.8. The van der Waals surface area contributed by atoms with Crippen LogP contribution in [0.1, 0.15) is 10.4 Å². The fourth-order valence-electron chi connectivity index (χ4n) is 1.61. The van der Waals surface area contributed by atoms with E-state index in [1.165, 1.54) is 0 Å². The Morgan fingerprint density at radius 2 is 1.95 bits per heavy atom. The van der Waals surface area contributed by atoms with Gasteiger partial charge in [0.1, 0.15) is 17.1 Å². The van der Waals surface area contributed by atoms with Gasteiger partial charge in [-0.25, -0.2) is 13.6 Å². The molecule has 0 saturated carbocycles. The molecule has 0 unspecified atom stereocenters. The van der Waals surface area contributed by atoms with Crippen LogP contribution < -0.4 is 4.74 Å². The van der Waals surface area contributed by atoms with Crippen molar-refractivity contribution in [3.63, 3.8) is 0 Å². The molecule has 2 rings (SSSR count). The molecule has 8 heteroatoms. The summed E-state index contributed by atoms with van der Waals surface area (Å²) >= 11 is 0. The molecular formula is C13H7F2NO5. The molecule has 0 aromatic heterocycles. The Morgan fingerprint density at radius 1 is 1.24 bits per heavy atom. The number of aromatic carboxylic acids is 1. The Bertz CT molecular complexity index is 732. The van der Waals surface area contributed by atoms with Gasteiger partial charge < -0.3 is 9.84 Å². The summed E-state index contributed by atoms with van der Waals surface area (Å²) in [5.41, 5.74) is -1.25. The third-order valence-corrected chi connectivity index (χ3v) is 2.53. The second-order valence-corrected chi connectivity index (χ2v) is 3.89. The molecule has 0 bridgehead atoms. The number of ether oxygens (including phenoxy) is 1. The summed E-state index contributed by atoms with van der Waals surface area (Å²) in [6.07, 6.45) is 0. The number of rotatable bonds is 4. The molecule has 0 spiro atoms. The van der Waals surface area contributed by atoms with Gasteiger partial charge in [-0.1, -0.05) is 6.07 Å². The first-order chi connectivity index (χ1) is 9.90. The standard InChI is InChI=1S/C13H7F2NO5/c14-7-4-5-11(8(6-7)13(17)18)21-12-9(15)2-1-3-10(12)16(19)20/h1-6H,(H,17,18). The van der Waals surface area contributed by atoms with Gasteiger partial charge in [-0.05, 0) is 24.3 Å². The molecular weight excluding hydrogens is 288 g/mol. The highest BCUT2D eigenvalue weighted by atomic mass is 19.1. The van der Waals surface area contributed by atoms with Crippen LogP contribution in [-0.4, -0.2) is 16.0 Å². The maximum absolute atomic E-state index is 13.7. The molecule has 0 aliphatic rings. The normalized spacial score (nSPS) is 10.2. The number of hydrogen-bond donors (Lipinski definition) is 1. The topological polar surface area (TPSA) is 89.7 Å². The van der Waals surface area contributed by atoms with Crippen molar-refractivity contribution in [2.24, 2.45) is 0 Å². The molecule has 0 aliphatic heterocycles. The molecule has 0 fully saturated rings. The lowest BCUT2D eigenvalue weighted by molar-refractivity contribution is -0.385. The number of benzene rings is 2. The van der Waals surface area contributed by atoms with E-state index < -0.39 is 45.3 Å². The van der Waals surface area contributed by atoms with E-state index in [4.69, 9.17) is 9.84 Å². The zero-order chi connectivity index (χ0) is 15.6. The Balaban J connectivity index is 2.53. The van der Waals surface area contributed by atoms with Crippen molar-refractivity contribution < 1.29 is 28.3 Å². The predicted molar refractivity (Wildman–Crippen MR) is 66.5 cm³/mol. The number of carbonyl (C=O) groups is 1. The summed E-state index contributed by atoms with van der Waals surface area (Å²) in [6.45, 7) is 0. The van der Waals surface area contributed by atoms with Gasteiger partial charge in [0, 0.05) is 6.07 Å². The second kappa shape index (κ2) is 5.53. The van der Waals surface area contributed by atoms with E-state index in [0.29, 0.717) is 6.07 Å². The maximum Gasteiger partial charge on any atom is 0.339 e. The van der Waals surface area contributed by atoms with Crippen LogP contribution in [0.2, 0.25) is 0 Å². The summed E-state index contributed by atoms with van der Waals surface area (Å²) in [5.74, 6) is -4.52. The van der Waals surface area contributed by atoms with Crippen molar-refractivity contribution in [3.8, 4) is 11.5 Å². The Labute approximate surface area is 116 Å². The average molecular weight is 295 g/mol. The largest absolute Gasteiger partial charge is 0.478 e. The van der Waals surface area contributed by atoms with Crippen LogP contribution in [0.15, 0.2) is 36.4 Å². The Morgan fingerprint density at radius 3 is 2.57 bits per heavy atom. The van der Waals surface area contributed by atoms with Gasteiger partial charge in [-0.15, -0.1) is 0 Å². The molecule has 0 atom stereocenters. The summed E-state index contributed by atoms with van der Waals surface area (Å²) < 4.78 is 31.7. The minimum absolute atomic E-state index is 0.405. The minimum atomic E-state index is -1.51. The molecule has 0 amide bonds. The van der Waals surface area contributed by atoms with Crippen LogP contribution in [0.3, 0.4) is 0 Å². The molecule has 2 aromatic carbocycles. The molecule has 0 heterocycles. The third-order valence-electron chi connectivity index (χ3n) is 2.53. The first-order valence-corrected chi connectivity index (χ1v) is 5.53. The highest BCUT2D eigenvalue weighted by Gasteiger charge is 2.22. The van der Waals surface area contributed by atoms with Crippen LogP contribution in [0.5, 0.6) is 11.5 Å². The molecule has 0 saturated heterocycles. The maximum atomic E-state index is 13.7. The molecule has 21 heavy (non-hydrogen) atoms. The number of halogens is 2. The van der Waals surface area contributed by atoms with E-state index >= 15 is 0 Å². The van der Waals surface area contributed by atoms with Gasteiger partial charge in [0.15, 0.2) is 5.82 Å². The van der Waals surface area contributed by atoms with Gasteiger partial charge in [0.05, 0.1) is 4.92 Å². The molecule has 0 aliphatic carbocycles. The van der Waals surface area contributed by atoms with Crippen LogP contribution in [0.25, 0.3) is 0 Å². The first kappa shape index (κ1) is 14.4. The van der Waals surface area contributed by atoms with Crippen LogP contribution in [0, 0.1) is 21.7 Å². The molecule has 1 N–H and O–H groups in total. The van der Waals surface area contributed by atoms with E-state index in [2.05, 4.69) is 0 Å². The molecule has 6 nitrogen and oxygen atoms in total. The fourth-order valence-corrected chi connectivity index (χ4v) is 1.61. The molecule has 108 valence electrons. The van der Waals surface area contributed by atoms with Gasteiger partial charge in [-0.2, -0.15) is 0 Å². The van der Waals surface area contributed by atoms with Crippen molar-refractivity contribution in [1.82, 2.24) is 0 Å². The monoisotopic (exact) mass is 295 g/mol. The van der Waals surface area contributed by atoms with Crippen LogP contribution >= 0.6 is 0 Å². The zero-order valence-corrected chi connectivity index (χ0v) is 10.2. The number of nitro groups is 1. The smallest absolute Gasteiger partial charge is 0.339 e. The van der Waals surface area contributed by atoms with Gasteiger partial charge in [-0.3, -0.25) is 10.1 Å². The lowest BCUT2D eigenvalue weighted by Crippen LogP contribution is -2.03. The quantitative estimate of drug-likeness (QED) is 0.690. The van der Waals surface area contributed by atoms with Gasteiger partial charge in [0.25, 0.3) is 0 Å². The van der Waals surface area contributed by atoms with Crippen molar-refractivity contribution >= 4 is 11.7 Å². The predicted octanol–water partition coefficient (Wildman–Crippen LogP) is 3.36.